The van der Waals surface area contributed by atoms with Crippen LogP contribution in [0.2, 0.25) is 0 Å². The smallest absolute Gasteiger partial charge is 0.165 e. The average molecular weight is 292 g/mol. The number of rotatable bonds is 5. The summed E-state index contributed by atoms with van der Waals surface area (Å²) in [7, 11) is 1.41. The second-order valence-electron chi connectivity index (χ2n) is 4.89. The summed E-state index contributed by atoms with van der Waals surface area (Å²) in [6, 6.07) is 8.93. The van der Waals surface area contributed by atoms with E-state index in [0.717, 1.165) is 16.7 Å². The van der Waals surface area contributed by atoms with E-state index < -0.39 is 5.82 Å². The molecule has 21 heavy (non-hydrogen) atoms. The summed E-state index contributed by atoms with van der Waals surface area (Å²) in [5, 5.41) is 0. The lowest BCUT2D eigenvalue weighted by molar-refractivity contribution is 0.384. The number of nitrogens with two attached hydrogens (primary N) is 1. The molecular weight excluding hydrogens is 274 g/mol. The first-order valence-corrected chi connectivity index (χ1v) is 6.59. The third-order valence-corrected chi connectivity index (χ3v) is 3.51. The van der Waals surface area contributed by atoms with Crippen LogP contribution < -0.4 is 16.0 Å². The molecule has 5 heteroatoms. The zero-order valence-corrected chi connectivity index (χ0v) is 12.0. The van der Waals surface area contributed by atoms with E-state index in [-0.39, 0.29) is 17.6 Å². The van der Waals surface area contributed by atoms with Gasteiger partial charge in [-0.1, -0.05) is 12.1 Å². The molecule has 0 aliphatic heterocycles. The maximum absolute atomic E-state index is 13.5. The number of nitrogens with one attached hydrogen (secondary N) is 1. The van der Waals surface area contributed by atoms with Crippen LogP contribution in [-0.2, 0) is 6.42 Å². The number of hydrazine groups is 1. The predicted molar refractivity (Wildman–Crippen MR) is 77.9 cm³/mol. The molecule has 0 heterocycles. The maximum atomic E-state index is 13.5. The molecule has 0 aliphatic rings. The molecule has 0 saturated heterocycles. The first kappa shape index (κ1) is 15.4. The molecule has 0 aliphatic carbocycles. The van der Waals surface area contributed by atoms with Gasteiger partial charge < -0.3 is 4.74 Å². The van der Waals surface area contributed by atoms with Crippen LogP contribution in [0.4, 0.5) is 8.78 Å². The Bertz CT molecular complexity index is 632. The summed E-state index contributed by atoms with van der Waals surface area (Å²) in [6.07, 6.45) is 0.495. The molecule has 0 amide bonds. The van der Waals surface area contributed by atoms with Crippen molar-refractivity contribution in [3.8, 4) is 5.75 Å². The minimum atomic E-state index is -0.432. The van der Waals surface area contributed by atoms with E-state index in [1.165, 1.54) is 25.3 Å². The van der Waals surface area contributed by atoms with Crippen molar-refractivity contribution in [2.24, 2.45) is 5.84 Å². The Balaban J connectivity index is 2.29. The van der Waals surface area contributed by atoms with E-state index in [2.05, 4.69) is 5.43 Å². The highest BCUT2D eigenvalue weighted by Gasteiger charge is 2.15. The molecule has 2 rings (SSSR count). The molecule has 0 saturated carbocycles. The summed E-state index contributed by atoms with van der Waals surface area (Å²) < 4.78 is 31.8. The van der Waals surface area contributed by atoms with E-state index in [0.29, 0.717) is 6.42 Å². The van der Waals surface area contributed by atoms with Gasteiger partial charge in [0.15, 0.2) is 11.6 Å². The molecule has 2 aromatic carbocycles. The van der Waals surface area contributed by atoms with Crippen molar-refractivity contribution in [1.29, 1.82) is 0 Å². The standard InChI is InChI=1S/C16H18F2N2O/c1-10-3-5-13(17)7-12(10)8-15(20-19)11-4-6-14(18)16(9-11)21-2/h3-7,9,15,20H,8,19H2,1-2H3. The largest absolute Gasteiger partial charge is 0.494 e. The number of hydrogen-bond acceptors (Lipinski definition) is 3. The molecule has 1 atom stereocenters. The minimum Gasteiger partial charge on any atom is -0.494 e. The SMILES string of the molecule is COc1cc(C(Cc2cc(F)ccc2C)NN)ccc1F. The van der Waals surface area contributed by atoms with Crippen LogP contribution in [0.25, 0.3) is 0 Å². The van der Waals surface area contributed by atoms with Crippen molar-refractivity contribution < 1.29 is 13.5 Å². The Labute approximate surface area is 122 Å². The molecule has 0 aromatic heterocycles. The zero-order chi connectivity index (χ0) is 15.4. The lowest BCUT2D eigenvalue weighted by Crippen LogP contribution is -2.29. The minimum absolute atomic E-state index is 0.156. The molecule has 3 nitrogen and oxygen atoms in total. The summed E-state index contributed by atoms with van der Waals surface area (Å²) in [4.78, 5) is 0. The van der Waals surface area contributed by atoms with E-state index in [1.54, 1.807) is 18.2 Å². The molecule has 2 aromatic rings. The monoisotopic (exact) mass is 292 g/mol. The molecule has 112 valence electrons. The summed E-state index contributed by atoms with van der Waals surface area (Å²) in [6.45, 7) is 1.91. The van der Waals surface area contributed by atoms with E-state index in [4.69, 9.17) is 10.6 Å². The van der Waals surface area contributed by atoms with Crippen molar-refractivity contribution >= 4 is 0 Å². The highest BCUT2D eigenvalue weighted by atomic mass is 19.1. The quantitative estimate of drug-likeness (QED) is 0.658. The van der Waals surface area contributed by atoms with Gasteiger partial charge >= 0.3 is 0 Å². The van der Waals surface area contributed by atoms with Crippen molar-refractivity contribution in [1.82, 2.24) is 5.43 Å². The van der Waals surface area contributed by atoms with Crippen LogP contribution in [0.15, 0.2) is 36.4 Å². The third kappa shape index (κ3) is 3.56. The Morgan fingerprint density at radius 1 is 1.19 bits per heavy atom. The van der Waals surface area contributed by atoms with Gasteiger partial charge in [0.05, 0.1) is 13.2 Å². The molecule has 0 fully saturated rings. The highest BCUT2D eigenvalue weighted by molar-refractivity contribution is 5.34. The Kier molecular flexibility index (Phi) is 4.88. The van der Waals surface area contributed by atoms with Gasteiger partial charge in [0.25, 0.3) is 0 Å². The molecular formula is C16H18F2N2O. The molecule has 3 N–H and O–H groups in total. The van der Waals surface area contributed by atoms with E-state index in [9.17, 15) is 8.78 Å². The summed E-state index contributed by atoms with van der Waals surface area (Å²) in [5.41, 5.74) is 5.29. The number of aryl methyl sites for hydroxylation is 1. The molecule has 1 unspecified atom stereocenters. The topological polar surface area (TPSA) is 47.3 Å². The van der Waals surface area contributed by atoms with E-state index in [1.807, 2.05) is 6.92 Å². The van der Waals surface area contributed by atoms with Crippen molar-refractivity contribution in [3.63, 3.8) is 0 Å². The fraction of sp³-hybridized carbons (Fsp3) is 0.250. The Morgan fingerprint density at radius 2 is 1.95 bits per heavy atom. The first-order chi connectivity index (χ1) is 10.0. The molecule has 0 spiro atoms. The van der Waals surface area contributed by atoms with Gasteiger partial charge in [-0.25, -0.2) is 8.78 Å². The van der Waals surface area contributed by atoms with Gasteiger partial charge in [-0.15, -0.1) is 0 Å². The van der Waals surface area contributed by atoms with Crippen molar-refractivity contribution in [2.45, 2.75) is 19.4 Å². The zero-order valence-electron chi connectivity index (χ0n) is 12.0. The van der Waals surface area contributed by atoms with Crippen LogP contribution in [0.3, 0.4) is 0 Å². The second-order valence-corrected chi connectivity index (χ2v) is 4.89. The predicted octanol–water partition coefficient (Wildman–Crippen LogP) is 3.03. The molecule has 0 bridgehead atoms. The number of hydrogen-bond donors (Lipinski definition) is 2. The van der Waals surface area contributed by atoms with Crippen molar-refractivity contribution in [3.05, 3.63) is 64.7 Å². The van der Waals surface area contributed by atoms with Crippen LogP contribution in [0, 0.1) is 18.6 Å². The van der Waals surface area contributed by atoms with Gasteiger partial charge in [0.2, 0.25) is 0 Å². The fourth-order valence-electron chi connectivity index (χ4n) is 2.25. The number of halogens is 2. The number of benzene rings is 2. The van der Waals surface area contributed by atoms with Gasteiger partial charge in [0.1, 0.15) is 5.82 Å². The normalized spacial score (nSPS) is 12.2. The van der Waals surface area contributed by atoms with Gasteiger partial charge in [-0.05, 0) is 54.3 Å². The van der Waals surface area contributed by atoms with Crippen LogP contribution >= 0.6 is 0 Å². The average Bonchev–Trinajstić information content (AvgIpc) is 2.49. The third-order valence-electron chi connectivity index (χ3n) is 3.51. The second kappa shape index (κ2) is 6.65. The van der Waals surface area contributed by atoms with E-state index >= 15 is 0 Å². The summed E-state index contributed by atoms with van der Waals surface area (Å²) >= 11 is 0. The van der Waals surface area contributed by atoms with Gasteiger partial charge in [-0.2, -0.15) is 0 Å². The highest BCUT2D eigenvalue weighted by Crippen LogP contribution is 2.25. The maximum Gasteiger partial charge on any atom is 0.165 e. The lowest BCUT2D eigenvalue weighted by atomic mass is 9.96. The number of ether oxygens (including phenoxy) is 1. The van der Waals surface area contributed by atoms with Gasteiger partial charge in [-0.3, -0.25) is 11.3 Å². The van der Waals surface area contributed by atoms with Crippen LogP contribution in [0.5, 0.6) is 5.75 Å². The Hall–Kier alpha value is -1.98. The first-order valence-electron chi connectivity index (χ1n) is 6.59. The number of methoxy groups -OCH3 is 1. The fourth-order valence-corrected chi connectivity index (χ4v) is 2.25. The Morgan fingerprint density at radius 3 is 2.62 bits per heavy atom. The summed E-state index contributed by atoms with van der Waals surface area (Å²) in [5.74, 6) is 5.03. The molecule has 0 radical (unpaired) electrons. The van der Waals surface area contributed by atoms with Crippen molar-refractivity contribution in [2.75, 3.05) is 7.11 Å². The van der Waals surface area contributed by atoms with Crippen LogP contribution in [0.1, 0.15) is 22.7 Å². The van der Waals surface area contributed by atoms with Crippen LogP contribution in [-0.4, -0.2) is 7.11 Å². The lowest BCUT2D eigenvalue weighted by Gasteiger charge is -2.18. The van der Waals surface area contributed by atoms with Gasteiger partial charge in [0, 0.05) is 0 Å².